The van der Waals surface area contributed by atoms with Crippen LogP contribution in [-0.4, -0.2) is 42.6 Å². The number of nitrogens with zero attached hydrogens (tertiary/aromatic N) is 2. The van der Waals surface area contributed by atoms with Crippen LogP contribution in [0.5, 0.6) is 0 Å². The van der Waals surface area contributed by atoms with Crippen molar-refractivity contribution < 1.29 is 0 Å². The second kappa shape index (κ2) is 6.35. The minimum atomic E-state index is 0.486. The summed E-state index contributed by atoms with van der Waals surface area (Å²) in [6.07, 6.45) is 0. The largest absolute Gasteiger partial charge is 0.389 e. The fraction of sp³-hybridized carbons (Fsp3) is 0.533. The molecule has 1 heterocycles. The van der Waals surface area contributed by atoms with Gasteiger partial charge in [-0.3, -0.25) is 4.90 Å². The van der Waals surface area contributed by atoms with Crippen LogP contribution in [-0.2, 0) is 0 Å². The molecular formula is C15H23N3S. The Hall–Kier alpha value is -1.13. The lowest BCUT2D eigenvalue weighted by atomic mass is 10.1. The van der Waals surface area contributed by atoms with Crippen molar-refractivity contribution in [1.29, 1.82) is 0 Å². The zero-order chi connectivity index (χ0) is 13.8. The van der Waals surface area contributed by atoms with Crippen LogP contribution in [0.4, 0.5) is 5.69 Å². The average Bonchev–Trinajstić information content (AvgIpc) is 2.39. The third kappa shape index (κ3) is 3.67. The lowest BCUT2D eigenvalue weighted by Gasteiger charge is -2.37. The van der Waals surface area contributed by atoms with Crippen molar-refractivity contribution in [3.8, 4) is 0 Å². The summed E-state index contributed by atoms with van der Waals surface area (Å²) in [5, 5.41) is 0. The van der Waals surface area contributed by atoms with E-state index in [1.165, 1.54) is 12.2 Å². The van der Waals surface area contributed by atoms with Gasteiger partial charge in [-0.1, -0.05) is 38.2 Å². The monoisotopic (exact) mass is 277 g/mol. The number of piperazine rings is 1. The molecule has 2 N–H and O–H groups in total. The second-order valence-electron chi connectivity index (χ2n) is 5.56. The van der Waals surface area contributed by atoms with Gasteiger partial charge in [-0.05, 0) is 18.1 Å². The zero-order valence-corrected chi connectivity index (χ0v) is 12.6. The van der Waals surface area contributed by atoms with Crippen molar-refractivity contribution >= 4 is 22.9 Å². The molecule has 0 unspecified atom stereocenters. The molecule has 1 fully saturated rings. The summed E-state index contributed by atoms with van der Waals surface area (Å²) >= 11 is 5.14. The van der Waals surface area contributed by atoms with Gasteiger partial charge in [0, 0.05) is 44.0 Å². The molecule has 1 aromatic rings. The minimum Gasteiger partial charge on any atom is -0.389 e. The molecule has 1 saturated heterocycles. The van der Waals surface area contributed by atoms with E-state index in [2.05, 4.69) is 35.8 Å². The van der Waals surface area contributed by atoms with Crippen LogP contribution in [0.25, 0.3) is 0 Å². The summed E-state index contributed by atoms with van der Waals surface area (Å²) in [4.78, 5) is 5.41. The third-order valence-electron chi connectivity index (χ3n) is 3.51. The first-order chi connectivity index (χ1) is 9.08. The van der Waals surface area contributed by atoms with Crippen molar-refractivity contribution in [1.82, 2.24) is 4.90 Å². The van der Waals surface area contributed by atoms with Gasteiger partial charge in [0.25, 0.3) is 0 Å². The maximum atomic E-state index is 5.81. The predicted molar refractivity (Wildman–Crippen MR) is 85.8 cm³/mol. The lowest BCUT2D eigenvalue weighted by Crippen LogP contribution is -2.47. The maximum Gasteiger partial charge on any atom is 0.106 e. The fourth-order valence-corrected chi connectivity index (χ4v) is 2.82. The van der Waals surface area contributed by atoms with Crippen LogP contribution in [0.15, 0.2) is 24.3 Å². The number of hydrogen-bond donors (Lipinski definition) is 1. The van der Waals surface area contributed by atoms with E-state index in [1.807, 2.05) is 12.1 Å². The van der Waals surface area contributed by atoms with E-state index in [0.717, 1.165) is 37.7 Å². The first kappa shape index (κ1) is 14.3. The maximum absolute atomic E-state index is 5.81. The predicted octanol–water partition coefficient (Wildman–Crippen LogP) is 2.10. The van der Waals surface area contributed by atoms with Crippen LogP contribution < -0.4 is 10.6 Å². The quantitative estimate of drug-likeness (QED) is 0.854. The average molecular weight is 277 g/mol. The zero-order valence-electron chi connectivity index (χ0n) is 11.8. The number of thiocarbonyl (C=S) groups is 1. The minimum absolute atomic E-state index is 0.486. The van der Waals surface area contributed by atoms with E-state index in [-0.39, 0.29) is 0 Å². The summed E-state index contributed by atoms with van der Waals surface area (Å²) in [7, 11) is 0. The Balaban J connectivity index is 2.04. The summed E-state index contributed by atoms with van der Waals surface area (Å²) < 4.78 is 0. The van der Waals surface area contributed by atoms with Gasteiger partial charge >= 0.3 is 0 Å². The molecular weight excluding hydrogens is 254 g/mol. The van der Waals surface area contributed by atoms with Crippen molar-refractivity contribution in [2.24, 2.45) is 11.7 Å². The number of rotatable bonds is 4. The molecule has 19 heavy (non-hydrogen) atoms. The van der Waals surface area contributed by atoms with Crippen LogP contribution >= 0.6 is 12.2 Å². The van der Waals surface area contributed by atoms with Crippen LogP contribution in [0, 0.1) is 5.92 Å². The third-order valence-corrected chi connectivity index (χ3v) is 3.73. The van der Waals surface area contributed by atoms with E-state index in [4.69, 9.17) is 18.0 Å². The molecule has 0 amide bonds. The molecule has 3 nitrogen and oxygen atoms in total. The first-order valence-corrected chi connectivity index (χ1v) is 7.35. The smallest absolute Gasteiger partial charge is 0.106 e. The summed E-state index contributed by atoms with van der Waals surface area (Å²) in [6.45, 7) is 10.1. The van der Waals surface area contributed by atoms with Gasteiger partial charge in [0.15, 0.2) is 0 Å². The van der Waals surface area contributed by atoms with Crippen molar-refractivity contribution in [2.45, 2.75) is 13.8 Å². The van der Waals surface area contributed by atoms with Gasteiger partial charge in [-0.2, -0.15) is 0 Å². The summed E-state index contributed by atoms with van der Waals surface area (Å²) in [5.74, 6) is 0.732. The van der Waals surface area contributed by atoms with E-state index < -0.39 is 0 Å². The van der Waals surface area contributed by atoms with E-state index in [9.17, 15) is 0 Å². The van der Waals surface area contributed by atoms with Gasteiger partial charge in [-0.15, -0.1) is 0 Å². The highest BCUT2D eigenvalue weighted by Gasteiger charge is 2.19. The molecule has 0 radical (unpaired) electrons. The Kier molecular flexibility index (Phi) is 4.77. The van der Waals surface area contributed by atoms with Gasteiger partial charge in [-0.25, -0.2) is 0 Å². The van der Waals surface area contributed by atoms with Crippen molar-refractivity contribution in [3.05, 3.63) is 29.8 Å². The molecule has 1 aliphatic rings. The van der Waals surface area contributed by atoms with Crippen LogP contribution in [0.3, 0.4) is 0 Å². The highest BCUT2D eigenvalue weighted by molar-refractivity contribution is 7.80. The molecule has 1 aliphatic heterocycles. The highest BCUT2D eigenvalue weighted by Crippen LogP contribution is 2.22. The highest BCUT2D eigenvalue weighted by atomic mass is 32.1. The van der Waals surface area contributed by atoms with Crippen molar-refractivity contribution in [3.63, 3.8) is 0 Å². The van der Waals surface area contributed by atoms with E-state index >= 15 is 0 Å². The second-order valence-corrected chi connectivity index (χ2v) is 6.00. The standard InChI is InChI=1S/C15H23N3S/c1-12(2)11-17-7-9-18(10-8-17)14-6-4-3-5-13(14)15(16)19/h3-6,12H,7-11H2,1-2H3,(H2,16,19). The molecule has 2 rings (SSSR count). The topological polar surface area (TPSA) is 32.5 Å². The Morgan fingerprint density at radius 2 is 1.84 bits per heavy atom. The van der Waals surface area contributed by atoms with Crippen LogP contribution in [0.1, 0.15) is 19.4 Å². The molecule has 0 atom stereocenters. The number of benzene rings is 1. The van der Waals surface area contributed by atoms with Crippen LogP contribution in [0.2, 0.25) is 0 Å². The normalized spacial score (nSPS) is 16.9. The molecule has 0 aromatic heterocycles. The van der Waals surface area contributed by atoms with Crippen molar-refractivity contribution in [2.75, 3.05) is 37.6 Å². The molecule has 0 spiro atoms. The molecule has 0 aliphatic carbocycles. The lowest BCUT2D eigenvalue weighted by molar-refractivity contribution is 0.231. The number of anilines is 1. The molecule has 0 bridgehead atoms. The summed E-state index contributed by atoms with van der Waals surface area (Å²) in [6, 6.07) is 8.18. The number of para-hydroxylation sites is 1. The Morgan fingerprint density at radius 1 is 1.21 bits per heavy atom. The van der Waals surface area contributed by atoms with E-state index in [0.29, 0.717) is 4.99 Å². The SMILES string of the molecule is CC(C)CN1CCN(c2ccccc2C(N)=S)CC1. The van der Waals surface area contributed by atoms with Gasteiger partial charge in [0.1, 0.15) is 4.99 Å². The first-order valence-electron chi connectivity index (χ1n) is 6.94. The van der Waals surface area contributed by atoms with Gasteiger partial charge in [0.05, 0.1) is 0 Å². The number of hydrogen-bond acceptors (Lipinski definition) is 3. The molecule has 4 heteroatoms. The molecule has 1 aromatic carbocycles. The van der Waals surface area contributed by atoms with E-state index in [1.54, 1.807) is 0 Å². The molecule has 0 saturated carbocycles. The Morgan fingerprint density at radius 3 is 2.42 bits per heavy atom. The van der Waals surface area contributed by atoms with Gasteiger partial charge < -0.3 is 10.6 Å². The summed E-state index contributed by atoms with van der Waals surface area (Å²) in [5.41, 5.74) is 7.98. The molecule has 104 valence electrons. The Bertz CT molecular complexity index is 437. The fourth-order valence-electron chi connectivity index (χ4n) is 2.65. The van der Waals surface area contributed by atoms with Gasteiger partial charge in [0.2, 0.25) is 0 Å². The number of nitrogens with two attached hydrogens (primary N) is 1. The Labute approximate surface area is 121 Å².